The lowest BCUT2D eigenvalue weighted by Crippen LogP contribution is -2.37. The molecule has 1 saturated heterocycles. The highest BCUT2D eigenvalue weighted by Crippen LogP contribution is 2.30. The summed E-state index contributed by atoms with van der Waals surface area (Å²) in [6, 6.07) is 2.91. The molecule has 1 aromatic rings. The maximum atomic E-state index is 12.3. The highest BCUT2D eigenvalue weighted by Gasteiger charge is 2.29. The van der Waals surface area contributed by atoms with Gasteiger partial charge < -0.3 is 15.7 Å². The molecule has 1 amide bonds. The van der Waals surface area contributed by atoms with E-state index in [9.17, 15) is 9.90 Å². The fraction of sp³-hybridized carbons (Fsp3) is 0.417. The van der Waals surface area contributed by atoms with Gasteiger partial charge >= 0.3 is 0 Å². The van der Waals surface area contributed by atoms with Gasteiger partial charge in [-0.05, 0) is 25.0 Å². The van der Waals surface area contributed by atoms with E-state index < -0.39 is 0 Å². The predicted octanol–water partition coefficient (Wildman–Crippen LogP) is 2.17. The van der Waals surface area contributed by atoms with Crippen molar-refractivity contribution in [1.29, 1.82) is 0 Å². The number of halogens is 2. The van der Waals surface area contributed by atoms with Gasteiger partial charge in [0, 0.05) is 12.1 Å². The lowest BCUT2D eigenvalue weighted by Gasteiger charge is -2.23. The normalized spacial score (nSPS) is 19.3. The van der Waals surface area contributed by atoms with Gasteiger partial charge in [0.1, 0.15) is 0 Å². The van der Waals surface area contributed by atoms with E-state index in [2.05, 4.69) is 0 Å². The number of nitrogens with zero attached hydrogens (tertiary/aromatic N) is 1. The summed E-state index contributed by atoms with van der Waals surface area (Å²) in [5.74, 6) is -0.170. The summed E-state index contributed by atoms with van der Waals surface area (Å²) in [4.78, 5) is 13.9. The number of carbonyl (C=O) groups excluding carboxylic acids is 1. The Hall–Kier alpha value is -0.970. The van der Waals surface area contributed by atoms with E-state index in [0.29, 0.717) is 12.1 Å². The highest BCUT2D eigenvalue weighted by atomic mass is 35.5. The Morgan fingerprint density at radius 3 is 2.83 bits per heavy atom. The second-order valence-electron chi connectivity index (χ2n) is 4.34. The monoisotopic (exact) mass is 288 g/mol. The SMILES string of the molecule is Nc1cc(C(=O)N2CCC[C@@H]2CO)cc(Cl)c1Cl. The number of likely N-dealkylation sites (tertiary alicyclic amines) is 1. The molecule has 1 heterocycles. The molecule has 2 rings (SSSR count). The van der Waals surface area contributed by atoms with Gasteiger partial charge in [-0.15, -0.1) is 0 Å². The van der Waals surface area contributed by atoms with Crippen molar-refractivity contribution in [1.82, 2.24) is 4.90 Å². The Balaban J connectivity index is 2.29. The van der Waals surface area contributed by atoms with E-state index >= 15 is 0 Å². The second-order valence-corrected chi connectivity index (χ2v) is 5.12. The first-order valence-electron chi connectivity index (χ1n) is 5.71. The van der Waals surface area contributed by atoms with Crippen LogP contribution in [-0.2, 0) is 0 Å². The number of aliphatic hydroxyl groups excluding tert-OH is 1. The summed E-state index contributed by atoms with van der Waals surface area (Å²) >= 11 is 11.8. The first kappa shape index (κ1) is 13.5. The number of anilines is 1. The van der Waals surface area contributed by atoms with Gasteiger partial charge in [-0.25, -0.2) is 0 Å². The molecule has 1 aliphatic heterocycles. The first-order chi connectivity index (χ1) is 8.54. The van der Waals surface area contributed by atoms with Gasteiger partial charge in [0.05, 0.1) is 28.4 Å². The molecular formula is C12H14Cl2N2O2. The molecule has 1 fully saturated rings. The van der Waals surface area contributed by atoms with Gasteiger partial charge in [0.15, 0.2) is 0 Å². The standard InChI is InChI=1S/C12H14Cl2N2O2/c13-9-4-7(5-10(15)11(9)14)12(18)16-3-1-2-8(16)6-17/h4-5,8,17H,1-3,6,15H2/t8-/m1/s1. The summed E-state index contributed by atoms with van der Waals surface area (Å²) in [6.07, 6.45) is 1.72. The third-order valence-corrected chi connectivity index (χ3v) is 3.97. The summed E-state index contributed by atoms with van der Waals surface area (Å²) in [7, 11) is 0. The maximum Gasteiger partial charge on any atom is 0.254 e. The summed E-state index contributed by atoms with van der Waals surface area (Å²) in [5.41, 5.74) is 6.38. The van der Waals surface area contributed by atoms with Crippen LogP contribution >= 0.6 is 23.2 Å². The number of nitrogens with two attached hydrogens (primary N) is 1. The van der Waals surface area contributed by atoms with E-state index in [1.165, 1.54) is 12.1 Å². The number of aliphatic hydroxyl groups is 1. The van der Waals surface area contributed by atoms with Crippen molar-refractivity contribution >= 4 is 34.8 Å². The molecule has 3 N–H and O–H groups in total. The zero-order valence-corrected chi connectivity index (χ0v) is 11.2. The second kappa shape index (κ2) is 5.34. The number of carbonyl (C=O) groups is 1. The van der Waals surface area contributed by atoms with Gasteiger partial charge in [-0.2, -0.15) is 0 Å². The van der Waals surface area contributed by atoms with Crippen LogP contribution in [0.15, 0.2) is 12.1 Å². The third kappa shape index (κ3) is 2.41. The quantitative estimate of drug-likeness (QED) is 0.820. The fourth-order valence-corrected chi connectivity index (χ4v) is 2.53. The minimum atomic E-state index is -0.170. The van der Waals surface area contributed by atoms with Gasteiger partial charge in [-0.3, -0.25) is 4.79 Å². The highest BCUT2D eigenvalue weighted by molar-refractivity contribution is 6.43. The number of hydrogen-bond donors (Lipinski definition) is 2. The largest absolute Gasteiger partial charge is 0.397 e. The molecule has 0 bridgehead atoms. The molecule has 6 heteroatoms. The van der Waals surface area contributed by atoms with Crippen molar-refractivity contribution in [3.05, 3.63) is 27.7 Å². The van der Waals surface area contributed by atoms with Crippen LogP contribution in [0.2, 0.25) is 10.0 Å². The molecule has 1 aliphatic rings. The lowest BCUT2D eigenvalue weighted by atomic mass is 10.1. The molecule has 0 aromatic heterocycles. The minimum absolute atomic E-state index is 0.0253. The van der Waals surface area contributed by atoms with Crippen LogP contribution in [0.5, 0.6) is 0 Å². The molecule has 0 saturated carbocycles. The lowest BCUT2D eigenvalue weighted by molar-refractivity contribution is 0.0677. The molecule has 0 radical (unpaired) electrons. The average molecular weight is 289 g/mol. The summed E-state index contributed by atoms with van der Waals surface area (Å²) in [5, 5.41) is 9.74. The molecular weight excluding hydrogens is 275 g/mol. The summed E-state index contributed by atoms with van der Waals surface area (Å²) < 4.78 is 0. The zero-order chi connectivity index (χ0) is 13.3. The van der Waals surface area contributed by atoms with Crippen LogP contribution in [0.4, 0.5) is 5.69 Å². The molecule has 18 heavy (non-hydrogen) atoms. The fourth-order valence-electron chi connectivity index (χ4n) is 2.19. The van der Waals surface area contributed by atoms with E-state index in [1.54, 1.807) is 4.90 Å². The van der Waals surface area contributed by atoms with Crippen molar-refractivity contribution < 1.29 is 9.90 Å². The minimum Gasteiger partial charge on any atom is -0.397 e. The Morgan fingerprint density at radius 2 is 2.22 bits per heavy atom. The zero-order valence-electron chi connectivity index (χ0n) is 9.70. The van der Waals surface area contributed by atoms with E-state index in [1.807, 2.05) is 0 Å². The van der Waals surface area contributed by atoms with Gasteiger partial charge in [0.25, 0.3) is 5.91 Å². The Kier molecular flexibility index (Phi) is 4.00. The van der Waals surface area contributed by atoms with Gasteiger partial charge in [0.2, 0.25) is 0 Å². The van der Waals surface area contributed by atoms with Gasteiger partial charge in [-0.1, -0.05) is 23.2 Å². The third-order valence-electron chi connectivity index (χ3n) is 3.15. The number of amides is 1. The molecule has 98 valence electrons. The Labute approximate surface area is 115 Å². The van der Waals surface area contributed by atoms with Crippen LogP contribution in [-0.4, -0.2) is 35.1 Å². The van der Waals surface area contributed by atoms with Crippen molar-refractivity contribution in [3.8, 4) is 0 Å². The maximum absolute atomic E-state index is 12.3. The van der Waals surface area contributed by atoms with Crippen LogP contribution in [0.25, 0.3) is 0 Å². The van der Waals surface area contributed by atoms with E-state index in [0.717, 1.165) is 12.8 Å². The van der Waals surface area contributed by atoms with E-state index in [-0.39, 0.29) is 34.3 Å². The predicted molar refractivity (Wildman–Crippen MR) is 72.0 cm³/mol. The number of nitrogen functional groups attached to an aromatic ring is 1. The molecule has 1 aromatic carbocycles. The Morgan fingerprint density at radius 1 is 1.50 bits per heavy atom. The van der Waals surface area contributed by atoms with Crippen LogP contribution in [0, 0.1) is 0 Å². The van der Waals surface area contributed by atoms with Crippen LogP contribution in [0.3, 0.4) is 0 Å². The van der Waals surface area contributed by atoms with Crippen LogP contribution in [0.1, 0.15) is 23.2 Å². The van der Waals surface area contributed by atoms with Crippen molar-refractivity contribution in [2.24, 2.45) is 0 Å². The van der Waals surface area contributed by atoms with Crippen LogP contribution < -0.4 is 5.73 Å². The number of benzene rings is 1. The van der Waals surface area contributed by atoms with E-state index in [4.69, 9.17) is 28.9 Å². The smallest absolute Gasteiger partial charge is 0.254 e. The molecule has 1 atom stereocenters. The molecule has 4 nitrogen and oxygen atoms in total. The Bertz CT molecular complexity index is 456. The van der Waals surface area contributed by atoms with Crippen molar-refractivity contribution in [2.45, 2.75) is 18.9 Å². The first-order valence-corrected chi connectivity index (χ1v) is 6.46. The molecule has 0 spiro atoms. The van der Waals surface area contributed by atoms with Crippen molar-refractivity contribution in [2.75, 3.05) is 18.9 Å². The molecule has 0 unspecified atom stereocenters. The summed E-state index contributed by atoms with van der Waals surface area (Å²) in [6.45, 7) is 0.618. The average Bonchev–Trinajstić information content (AvgIpc) is 2.82. The number of hydrogen-bond acceptors (Lipinski definition) is 3. The molecule has 0 aliphatic carbocycles. The topological polar surface area (TPSA) is 66.6 Å². The van der Waals surface area contributed by atoms with Crippen molar-refractivity contribution in [3.63, 3.8) is 0 Å². The number of rotatable bonds is 2.